The molecular weight excluding hydrogens is 214 g/mol. The molecule has 2 rings (SSSR count). The molecule has 1 aliphatic heterocycles. The van der Waals surface area contributed by atoms with Gasteiger partial charge in [-0.05, 0) is 20.4 Å². The van der Waals surface area contributed by atoms with E-state index in [0.717, 1.165) is 37.8 Å². The summed E-state index contributed by atoms with van der Waals surface area (Å²) in [6.07, 6.45) is 2.73. The number of anilines is 2. The van der Waals surface area contributed by atoms with Gasteiger partial charge in [-0.25, -0.2) is 9.97 Å². The van der Waals surface area contributed by atoms with Crippen LogP contribution in [0.4, 0.5) is 11.6 Å². The molecule has 0 spiro atoms. The molecule has 1 N–H and O–H groups in total. The Kier molecular flexibility index (Phi) is 3.78. The second kappa shape index (κ2) is 5.31. The van der Waals surface area contributed by atoms with E-state index in [9.17, 15) is 0 Å². The smallest absolute Gasteiger partial charge is 0.135 e. The number of rotatable bonds is 4. The van der Waals surface area contributed by atoms with Crippen LogP contribution >= 0.6 is 0 Å². The number of hydrogen-bond donors (Lipinski definition) is 1. The van der Waals surface area contributed by atoms with Crippen LogP contribution in [0.2, 0.25) is 0 Å². The van der Waals surface area contributed by atoms with E-state index in [2.05, 4.69) is 46.0 Å². The first kappa shape index (κ1) is 12.1. The van der Waals surface area contributed by atoms with Gasteiger partial charge < -0.3 is 10.2 Å². The number of nitrogens with one attached hydrogen (secondary N) is 1. The molecule has 0 aliphatic carbocycles. The summed E-state index contributed by atoms with van der Waals surface area (Å²) < 4.78 is 0. The molecule has 1 atom stereocenters. The van der Waals surface area contributed by atoms with E-state index in [-0.39, 0.29) is 0 Å². The lowest BCUT2D eigenvalue weighted by atomic mass is 10.2. The Morgan fingerprint density at radius 3 is 2.88 bits per heavy atom. The van der Waals surface area contributed by atoms with Crippen molar-refractivity contribution in [3.63, 3.8) is 0 Å². The summed E-state index contributed by atoms with van der Waals surface area (Å²) in [6, 6.07) is 2.48. The maximum absolute atomic E-state index is 4.34. The summed E-state index contributed by atoms with van der Waals surface area (Å²) in [5.74, 6) is 1.93. The van der Waals surface area contributed by atoms with Crippen molar-refractivity contribution < 1.29 is 0 Å². The highest BCUT2D eigenvalue weighted by Gasteiger charge is 2.18. The molecule has 0 saturated carbocycles. The fourth-order valence-corrected chi connectivity index (χ4v) is 1.86. The lowest BCUT2D eigenvalue weighted by molar-refractivity contribution is 0.420. The monoisotopic (exact) mass is 235 g/mol. The lowest BCUT2D eigenvalue weighted by Gasteiger charge is -2.18. The topological polar surface area (TPSA) is 44.3 Å². The Hall–Kier alpha value is -1.36. The minimum absolute atomic E-state index is 0.444. The molecular formula is C12H21N5. The van der Waals surface area contributed by atoms with Crippen LogP contribution in [-0.4, -0.2) is 47.7 Å². The Bertz CT molecular complexity index is 368. The van der Waals surface area contributed by atoms with Crippen molar-refractivity contribution in [2.75, 3.05) is 37.0 Å². The maximum Gasteiger partial charge on any atom is 0.135 e. The quantitative estimate of drug-likeness (QED) is 0.854. The zero-order valence-electron chi connectivity index (χ0n) is 10.8. The van der Waals surface area contributed by atoms with Crippen molar-refractivity contribution in [2.24, 2.45) is 0 Å². The summed E-state index contributed by atoms with van der Waals surface area (Å²) in [6.45, 7) is 7.40. The molecule has 2 heterocycles. The maximum atomic E-state index is 4.34. The van der Waals surface area contributed by atoms with Crippen LogP contribution in [-0.2, 0) is 0 Å². The van der Waals surface area contributed by atoms with E-state index in [4.69, 9.17) is 0 Å². The van der Waals surface area contributed by atoms with Gasteiger partial charge >= 0.3 is 0 Å². The summed E-state index contributed by atoms with van der Waals surface area (Å²) in [7, 11) is 2.12. The highest BCUT2D eigenvalue weighted by Crippen LogP contribution is 2.17. The SMILES string of the molecule is CC[C@@H](C)Nc1cc(N2CCN(C)C2)ncn1. The molecule has 1 aliphatic rings. The first-order chi connectivity index (χ1) is 8.19. The average molecular weight is 235 g/mol. The lowest BCUT2D eigenvalue weighted by Crippen LogP contribution is -2.23. The van der Waals surface area contributed by atoms with Crippen LogP contribution in [0.5, 0.6) is 0 Å². The summed E-state index contributed by atoms with van der Waals surface area (Å²) >= 11 is 0. The Morgan fingerprint density at radius 2 is 2.24 bits per heavy atom. The van der Waals surface area contributed by atoms with Crippen molar-refractivity contribution in [1.82, 2.24) is 14.9 Å². The molecule has 17 heavy (non-hydrogen) atoms. The van der Waals surface area contributed by atoms with Gasteiger partial charge in [-0.2, -0.15) is 0 Å². The van der Waals surface area contributed by atoms with E-state index < -0.39 is 0 Å². The minimum atomic E-state index is 0.444. The van der Waals surface area contributed by atoms with Gasteiger partial charge in [-0.3, -0.25) is 4.90 Å². The molecule has 5 nitrogen and oxygen atoms in total. The summed E-state index contributed by atoms with van der Waals surface area (Å²) in [5.41, 5.74) is 0. The van der Waals surface area contributed by atoms with E-state index >= 15 is 0 Å². The fourth-order valence-electron chi connectivity index (χ4n) is 1.86. The number of likely N-dealkylation sites (N-methyl/N-ethyl adjacent to an activating group) is 1. The largest absolute Gasteiger partial charge is 0.367 e. The fraction of sp³-hybridized carbons (Fsp3) is 0.667. The third-order valence-corrected chi connectivity index (χ3v) is 3.15. The number of hydrogen-bond acceptors (Lipinski definition) is 5. The minimum Gasteiger partial charge on any atom is -0.367 e. The molecule has 1 fully saturated rings. The molecule has 94 valence electrons. The van der Waals surface area contributed by atoms with Crippen LogP contribution in [0.3, 0.4) is 0 Å². The zero-order valence-corrected chi connectivity index (χ0v) is 10.8. The van der Waals surface area contributed by atoms with Gasteiger partial charge in [-0.15, -0.1) is 0 Å². The molecule has 1 aromatic rings. The molecule has 0 bridgehead atoms. The van der Waals surface area contributed by atoms with Gasteiger partial charge in [0, 0.05) is 25.2 Å². The van der Waals surface area contributed by atoms with Gasteiger partial charge in [0.05, 0.1) is 6.67 Å². The second-order valence-electron chi connectivity index (χ2n) is 4.70. The van der Waals surface area contributed by atoms with Gasteiger partial charge in [0.15, 0.2) is 0 Å². The van der Waals surface area contributed by atoms with E-state index in [1.165, 1.54) is 0 Å². The van der Waals surface area contributed by atoms with Crippen LogP contribution in [0, 0.1) is 0 Å². The highest BCUT2D eigenvalue weighted by atomic mass is 15.4. The van der Waals surface area contributed by atoms with Crippen molar-refractivity contribution in [3.05, 3.63) is 12.4 Å². The van der Waals surface area contributed by atoms with Crippen molar-refractivity contribution >= 4 is 11.6 Å². The highest BCUT2D eigenvalue weighted by molar-refractivity contribution is 5.49. The third-order valence-electron chi connectivity index (χ3n) is 3.15. The normalized spacial score (nSPS) is 18.4. The second-order valence-corrected chi connectivity index (χ2v) is 4.70. The molecule has 0 unspecified atom stereocenters. The molecule has 0 amide bonds. The van der Waals surface area contributed by atoms with Crippen molar-refractivity contribution in [2.45, 2.75) is 26.3 Å². The Labute approximate surface area is 103 Å². The molecule has 0 radical (unpaired) electrons. The number of aromatic nitrogens is 2. The summed E-state index contributed by atoms with van der Waals surface area (Å²) in [4.78, 5) is 13.1. The van der Waals surface area contributed by atoms with Crippen LogP contribution in [0.25, 0.3) is 0 Å². The van der Waals surface area contributed by atoms with Gasteiger partial charge in [0.1, 0.15) is 18.0 Å². The zero-order chi connectivity index (χ0) is 12.3. The average Bonchev–Trinajstić information content (AvgIpc) is 2.76. The van der Waals surface area contributed by atoms with Crippen molar-refractivity contribution in [3.8, 4) is 0 Å². The van der Waals surface area contributed by atoms with Gasteiger partial charge in [0.2, 0.25) is 0 Å². The molecule has 5 heteroatoms. The van der Waals surface area contributed by atoms with Crippen molar-refractivity contribution in [1.29, 1.82) is 0 Å². The molecule has 0 aromatic carbocycles. The first-order valence-corrected chi connectivity index (χ1v) is 6.21. The Morgan fingerprint density at radius 1 is 1.41 bits per heavy atom. The number of nitrogens with zero attached hydrogens (tertiary/aromatic N) is 4. The van der Waals surface area contributed by atoms with E-state index in [0.29, 0.717) is 6.04 Å². The van der Waals surface area contributed by atoms with Crippen LogP contribution in [0.15, 0.2) is 12.4 Å². The van der Waals surface area contributed by atoms with Crippen LogP contribution < -0.4 is 10.2 Å². The van der Waals surface area contributed by atoms with Gasteiger partial charge in [-0.1, -0.05) is 6.92 Å². The van der Waals surface area contributed by atoms with E-state index in [1.54, 1.807) is 6.33 Å². The first-order valence-electron chi connectivity index (χ1n) is 6.21. The summed E-state index contributed by atoms with van der Waals surface area (Å²) in [5, 5.41) is 3.38. The van der Waals surface area contributed by atoms with Gasteiger partial charge in [0.25, 0.3) is 0 Å². The van der Waals surface area contributed by atoms with Crippen LogP contribution in [0.1, 0.15) is 20.3 Å². The standard InChI is InChI=1S/C12H21N5/c1-4-10(2)15-11-7-12(14-8-13-11)17-6-5-16(3)9-17/h7-8,10H,4-6,9H2,1-3H3,(H,13,14,15)/t10-/m1/s1. The predicted octanol–water partition coefficient (Wildman–Crippen LogP) is 1.40. The predicted molar refractivity (Wildman–Crippen MR) is 70.3 cm³/mol. The third kappa shape index (κ3) is 3.06. The molecule has 1 aromatic heterocycles. The Balaban J connectivity index is 2.06. The molecule has 1 saturated heterocycles. The van der Waals surface area contributed by atoms with E-state index in [1.807, 2.05) is 6.07 Å².